The average Bonchev–Trinajstić information content (AvgIpc) is 2.54. The van der Waals surface area contributed by atoms with E-state index in [9.17, 15) is 4.79 Å². The van der Waals surface area contributed by atoms with Crippen molar-refractivity contribution in [2.75, 3.05) is 6.61 Å². The Kier molecular flexibility index (Phi) is 5.23. The summed E-state index contributed by atoms with van der Waals surface area (Å²) in [5.41, 5.74) is 2.55. The van der Waals surface area contributed by atoms with E-state index in [1.807, 2.05) is 12.1 Å². The maximum absolute atomic E-state index is 12.2. The van der Waals surface area contributed by atoms with Gasteiger partial charge in [0.15, 0.2) is 6.61 Å². The first-order valence-electron chi connectivity index (χ1n) is 7.58. The van der Waals surface area contributed by atoms with Gasteiger partial charge < -0.3 is 10.1 Å². The molecule has 0 fully saturated rings. The number of aryl methyl sites for hydroxylation is 1. The third-order valence-corrected chi connectivity index (χ3v) is 4.81. The lowest BCUT2D eigenvalue weighted by molar-refractivity contribution is -0.124. The molecule has 5 heteroatoms. The van der Waals surface area contributed by atoms with Gasteiger partial charge in [-0.2, -0.15) is 0 Å². The normalized spacial score (nSPS) is 16.5. The van der Waals surface area contributed by atoms with E-state index < -0.39 is 0 Å². The quantitative estimate of drug-likeness (QED) is 0.818. The molecule has 0 bridgehead atoms. The Bertz CT molecular complexity index is 720. The monoisotopic (exact) mass is 393 g/mol. The van der Waals surface area contributed by atoms with Crippen LogP contribution >= 0.6 is 27.5 Å². The number of nitrogens with one attached hydrogen (secondary N) is 1. The summed E-state index contributed by atoms with van der Waals surface area (Å²) in [5, 5.41) is 3.69. The van der Waals surface area contributed by atoms with Gasteiger partial charge in [0.2, 0.25) is 0 Å². The van der Waals surface area contributed by atoms with Crippen LogP contribution in [-0.2, 0) is 11.2 Å². The summed E-state index contributed by atoms with van der Waals surface area (Å²) < 4.78 is 6.30. The lowest BCUT2D eigenvalue weighted by Crippen LogP contribution is -2.34. The fourth-order valence-corrected chi connectivity index (χ4v) is 3.67. The molecule has 0 aromatic heterocycles. The van der Waals surface area contributed by atoms with E-state index in [0.29, 0.717) is 10.8 Å². The van der Waals surface area contributed by atoms with Gasteiger partial charge in [-0.05, 0) is 64.5 Å². The Hall–Kier alpha value is -1.52. The number of halogens is 2. The maximum Gasteiger partial charge on any atom is 0.258 e. The van der Waals surface area contributed by atoms with Gasteiger partial charge in [-0.1, -0.05) is 35.9 Å². The van der Waals surface area contributed by atoms with Crippen molar-refractivity contribution in [3.8, 4) is 5.75 Å². The zero-order valence-corrected chi connectivity index (χ0v) is 14.9. The average molecular weight is 395 g/mol. The molecule has 3 nitrogen and oxygen atoms in total. The molecule has 1 unspecified atom stereocenters. The van der Waals surface area contributed by atoms with Crippen LogP contribution in [0.1, 0.15) is 30.0 Å². The van der Waals surface area contributed by atoms with Gasteiger partial charge in [-0.3, -0.25) is 4.79 Å². The fourth-order valence-electron chi connectivity index (χ4n) is 2.88. The molecule has 0 aliphatic heterocycles. The van der Waals surface area contributed by atoms with Crippen molar-refractivity contribution in [1.82, 2.24) is 5.32 Å². The van der Waals surface area contributed by atoms with Crippen molar-refractivity contribution < 1.29 is 9.53 Å². The van der Waals surface area contributed by atoms with Crippen LogP contribution in [0.4, 0.5) is 0 Å². The highest BCUT2D eigenvalue weighted by molar-refractivity contribution is 9.10. The van der Waals surface area contributed by atoms with Crippen LogP contribution in [0.15, 0.2) is 46.9 Å². The predicted octanol–water partition coefficient (Wildman–Crippen LogP) is 4.68. The third kappa shape index (κ3) is 4.06. The first kappa shape index (κ1) is 16.3. The standard InChI is InChI=1S/C18H17BrClNO2/c19-15-10-13(20)8-9-17(15)23-11-18(22)21-16-7-3-5-12-4-1-2-6-14(12)16/h1-2,4,6,8-10,16H,3,5,7,11H2,(H,21,22). The van der Waals surface area contributed by atoms with Crippen LogP contribution in [0.25, 0.3) is 0 Å². The lowest BCUT2D eigenvalue weighted by atomic mass is 9.88. The summed E-state index contributed by atoms with van der Waals surface area (Å²) in [4.78, 5) is 12.2. The van der Waals surface area contributed by atoms with E-state index in [2.05, 4.69) is 33.4 Å². The molecular weight excluding hydrogens is 378 g/mol. The van der Waals surface area contributed by atoms with Crippen LogP contribution in [0.3, 0.4) is 0 Å². The molecule has 23 heavy (non-hydrogen) atoms. The van der Waals surface area contributed by atoms with E-state index in [-0.39, 0.29) is 18.6 Å². The molecule has 1 amide bonds. The smallest absolute Gasteiger partial charge is 0.258 e. The predicted molar refractivity (Wildman–Crippen MR) is 94.9 cm³/mol. The van der Waals surface area contributed by atoms with Crippen molar-refractivity contribution in [2.24, 2.45) is 0 Å². The van der Waals surface area contributed by atoms with Gasteiger partial charge in [0.25, 0.3) is 5.91 Å². The number of benzene rings is 2. The minimum Gasteiger partial charge on any atom is -0.483 e. The summed E-state index contributed by atoms with van der Waals surface area (Å²) >= 11 is 9.27. The Balaban J connectivity index is 1.60. The highest BCUT2D eigenvalue weighted by Crippen LogP contribution is 2.30. The molecule has 1 aliphatic carbocycles. The molecule has 120 valence electrons. The molecule has 2 aromatic carbocycles. The van der Waals surface area contributed by atoms with Gasteiger partial charge in [-0.15, -0.1) is 0 Å². The Morgan fingerprint density at radius 2 is 2.13 bits per heavy atom. The molecule has 2 aromatic rings. The molecule has 0 saturated carbocycles. The lowest BCUT2D eigenvalue weighted by Gasteiger charge is -2.26. The number of carbonyl (C=O) groups excluding carboxylic acids is 1. The first-order valence-corrected chi connectivity index (χ1v) is 8.75. The summed E-state index contributed by atoms with van der Waals surface area (Å²) in [5.74, 6) is 0.488. The summed E-state index contributed by atoms with van der Waals surface area (Å²) in [6, 6.07) is 13.6. The van der Waals surface area contributed by atoms with Crippen LogP contribution in [0, 0.1) is 0 Å². The Morgan fingerprint density at radius 3 is 2.96 bits per heavy atom. The summed E-state index contributed by atoms with van der Waals surface area (Å²) in [7, 11) is 0. The van der Waals surface area contributed by atoms with E-state index in [1.165, 1.54) is 11.1 Å². The number of rotatable bonds is 4. The number of hydrogen-bond acceptors (Lipinski definition) is 2. The van der Waals surface area contributed by atoms with E-state index in [0.717, 1.165) is 23.7 Å². The highest BCUT2D eigenvalue weighted by Gasteiger charge is 2.21. The van der Waals surface area contributed by atoms with E-state index in [4.69, 9.17) is 16.3 Å². The van der Waals surface area contributed by atoms with Gasteiger partial charge in [0.1, 0.15) is 5.75 Å². The molecule has 0 spiro atoms. The van der Waals surface area contributed by atoms with Gasteiger partial charge in [0.05, 0.1) is 10.5 Å². The minimum atomic E-state index is -0.117. The molecular formula is C18H17BrClNO2. The van der Waals surface area contributed by atoms with Gasteiger partial charge in [0, 0.05) is 5.02 Å². The second kappa shape index (κ2) is 7.37. The van der Waals surface area contributed by atoms with E-state index >= 15 is 0 Å². The number of ether oxygens (including phenoxy) is 1. The SMILES string of the molecule is O=C(COc1ccc(Cl)cc1Br)NC1CCCc2ccccc21. The third-order valence-electron chi connectivity index (χ3n) is 3.96. The minimum absolute atomic E-state index is 0.0150. The molecule has 1 aliphatic rings. The van der Waals surface area contributed by atoms with Crippen LogP contribution in [-0.4, -0.2) is 12.5 Å². The van der Waals surface area contributed by atoms with Crippen LogP contribution in [0.2, 0.25) is 5.02 Å². The fraction of sp³-hybridized carbons (Fsp3) is 0.278. The molecule has 0 saturated heterocycles. The molecule has 0 heterocycles. The van der Waals surface area contributed by atoms with Crippen molar-refractivity contribution in [1.29, 1.82) is 0 Å². The van der Waals surface area contributed by atoms with Crippen LogP contribution in [0.5, 0.6) is 5.75 Å². The second-order valence-corrected chi connectivity index (χ2v) is 6.87. The molecule has 0 radical (unpaired) electrons. The topological polar surface area (TPSA) is 38.3 Å². The highest BCUT2D eigenvalue weighted by atomic mass is 79.9. The molecule has 3 rings (SSSR count). The van der Waals surface area contributed by atoms with E-state index in [1.54, 1.807) is 18.2 Å². The number of fused-ring (bicyclic) bond motifs is 1. The number of carbonyl (C=O) groups is 1. The first-order chi connectivity index (χ1) is 11.1. The zero-order valence-electron chi connectivity index (χ0n) is 12.5. The van der Waals surface area contributed by atoms with Crippen molar-refractivity contribution >= 4 is 33.4 Å². The summed E-state index contributed by atoms with van der Waals surface area (Å²) in [6.07, 6.45) is 3.13. The van der Waals surface area contributed by atoms with Crippen molar-refractivity contribution in [2.45, 2.75) is 25.3 Å². The maximum atomic E-state index is 12.2. The largest absolute Gasteiger partial charge is 0.483 e. The summed E-state index contributed by atoms with van der Waals surface area (Å²) in [6.45, 7) is -0.0150. The molecule has 1 atom stereocenters. The Labute approximate surface area is 149 Å². The molecule has 1 N–H and O–H groups in total. The van der Waals surface area contributed by atoms with Crippen molar-refractivity contribution in [3.63, 3.8) is 0 Å². The van der Waals surface area contributed by atoms with Crippen molar-refractivity contribution in [3.05, 3.63) is 63.1 Å². The Morgan fingerprint density at radius 1 is 1.30 bits per heavy atom. The number of amides is 1. The van der Waals surface area contributed by atoms with Gasteiger partial charge in [-0.25, -0.2) is 0 Å². The second-order valence-electron chi connectivity index (χ2n) is 5.57. The zero-order chi connectivity index (χ0) is 16.2. The number of hydrogen-bond donors (Lipinski definition) is 1. The van der Waals surface area contributed by atoms with Crippen LogP contribution < -0.4 is 10.1 Å². The van der Waals surface area contributed by atoms with Gasteiger partial charge >= 0.3 is 0 Å².